The van der Waals surface area contributed by atoms with Gasteiger partial charge in [-0.3, -0.25) is 4.79 Å². The maximum Gasteiger partial charge on any atom is 0.281 e. The third-order valence-electron chi connectivity index (χ3n) is 5.95. The summed E-state index contributed by atoms with van der Waals surface area (Å²) in [6.07, 6.45) is 2.88. The fourth-order valence-electron chi connectivity index (χ4n) is 4.51. The first-order valence-electron chi connectivity index (χ1n) is 9.59. The molecule has 1 aromatic carbocycles. The van der Waals surface area contributed by atoms with Crippen LogP contribution in [0.2, 0.25) is 0 Å². The van der Waals surface area contributed by atoms with Gasteiger partial charge in [0.1, 0.15) is 5.82 Å². The van der Waals surface area contributed by atoms with E-state index in [0.29, 0.717) is 40.5 Å². The fourth-order valence-corrected chi connectivity index (χ4v) is 4.51. The number of aromatic nitrogens is 2. The Morgan fingerprint density at radius 1 is 1.33 bits per heavy atom. The first-order chi connectivity index (χ1) is 13.0. The molecule has 0 amide bonds. The van der Waals surface area contributed by atoms with E-state index in [4.69, 9.17) is 10.2 Å². The molecule has 1 aliphatic heterocycles. The van der Waals surface area contributed by atoms with Gasteiger partial charge in [-0.05, 0) is 50.3 Å². The highest BCUT2D eigenvalue weighted by molar-refractivity contribution is 6.04. The molecule has 5 rings (SSSR count). The zero-order valence-corrected chi connectivity index (χ0v) is 15.6. The second-order valence-corrected chi connectivity index (χ2v) is 7.88. The van der Waals surface area contributed by atoms with Gasteiger partial charge in [0.25, 0.3) is 5.56 Å². The van der Waals surface area contributed by atoms with Gasteiger partial charge in [-0.15, -0.1) is 0 Å². The van der Waals surface area contributed by atoms with Gasteiger partial charge in [0.2, 0.25) is 0 Å². The Balaban J connectivity index is 1.84. The lowest BCUT2D eigenvalue weighted by Gasteiger charge is -2.24. The molecule has 3 aromatic rings. The lowest BCUT2D eigenvalue weighted by Crippen LogP contribution is -2.26. The number of aryl methyl sites for hydroxylation is 2. The van der Waals surface area contributed by atoms with Crippen LogP contribution in [0.25, 0.3) is 22.0 Å². The van der Waals surface area contributed by atoms with Crippen LogP contribution < -0.4 is 16.2 Å². The van der Waals surface area contributed by atoms with Crippen molar-refractivity contribution >= 4 is 27.7 Å². The summed E-state index contributed by atoms with van der Waals surface area (Å²) in [5, 5.41) is 0.630. The molecule has 2 aliphatic rings. The summed E-state index contributed by atoms with van der Waals surface area (Å²) < 4.78 is 22.7. The third-order valence-corrected chi connectivity index (χ3v) is 5.95. The number of halogens is 1. The van der Waals surface area contributed by atoms with E-state index in [0.717, 1.165) is 43.4 Å². The lowest BCUT2D eigenvalue weighted by atomic mass is 10.1. The Bertz CT molecular complexity index is 1130. The molecule has 1 unspecified atom stereocenters. The molecule has 3 heterocycles. The molecule has 6 nitrogen and oxygen atoms in total. The van der Waals surface area contributed by atoms with Crippen LogP contribution >= 0.6 is 0 Å². The highest BCUT2D eigenvalue weighted by atomic mass is 19.1. The predicted molar refractivity (Wildman–Crippen MR) is 103 cm³/mol. The van der Waals surface area contributed by atoms with Crippen molar-refractivity contribution in [3.8, 4) is 0 Å². The van der Waals surface area contributed by atoms with Gasteiger partial charge >= 0.3 is 0 Å². The van der Waals surface area contributed by atoms with Crippen LogP contribution in [0.3, 0.4) is 0 Å². The number of oxazole rings is 1. The minimum Gasteiger partial charge on any atom is -0.440 e. The van der Waals surface area contributed by atoms with Crippen LogP contribution in [0, 0.1) is 25.6 Å². The summed E-state index contributed by atoms with van der Waals surface area (Å²) in [6, 6.07) is 1.67. The van der Waals surface area contributed by atoms with E-state index in [2.05, 4.69) is 9.88 Å². The monoisotopic (exact) mass is 370 g/mol. The van der Waals surface area contributed by atoms with Crippen LogP contribution in [0.1, 0.15) is 36.8 Å². The average Bonchev–Trinajstić information content (AvgIpc) is 3.21. The lowest BCUT2D eigenvalue weighted by molar-refractivity contribution is 0.562. The van der Waals surface area contributed by atoms with Crippen molar-refractivity contribution in [3.63, 3.8) is 0 Å². The van der Waals surface area contributed by atoms with E-state index in [1.807, 2.05) is 11.5 Å². The molecule has 2 N–H and O–H groups in total. The Morgan fingerprint density at radius 3 is 2.78 bits per heavy atom. The maximum absolute atomic E-state index is 15.2. The molecule has 142 valence electrons. The average molecular weight is 370 g/mol. The van der Waals surface area contributed by atoms with Gasteiger partial charge < -0.3 is 19.6 Å². The zero-order chi connectivity index (χ0) is 18.9. The molecule has 1 saturated heterocycles. The second-order valence-electron chi connectivity index (χ2n) is 7.88. The SMILES string of the molecule is Cc1nc2c(=O)n(C3CC3)c3c(C)c(N4CCC(CN)C4)c(F)cc3c2o1. The molecular weight excluding hydrogens is 347 g/mol. The third kappa shape index (κ3) is 2.41. The van der Waals surface area contributed by atoms with E-state index in [-0.39, 0.29) is 17.4 Å². The predicted octanol–water partition coefficient (Wildman–Crippen LogP) is 3.02. The van der Waals surface area contributed by atoms with Crippen molar-refractivity contribution < 1.29 is 8.81 Å². The summed E-state index contributed by atoms with van der Waals surface area (Å²) >= 11 is 0. The molecule has 0 bridgehead atoms. The topological polar surface area (TPSA) is 77.3 Å². The van der Waals surface area contributed by atoms with Crippen molar-refractivity contribution in [1.29, 1.82) is 0 Å². The molecule has 0 spiro atoms. The second kappa shape index (κ2) is 5.79. The number of fused-ring (bicyclic) bond motifs is 3. The van der Waals surface area contributed by atoms with Crippen molar-refractivity contribution in [2.45, 2.75) is 39.2 Å². The molecule has 1 saturated carbocycles. The number of hydrogen-bond donors (Lipinski definition) is 1. The van der Waals surface area contributed by atoms with Gasteiger partial charge in [0.05, 0.1) is 11.2 Å². The molecule has 7 heteroatoms. The molecular formula is C20H23FN4O2. The number of pyridine rings is 1. The first kappa shape index (κ1) is 16.7. The minimum atomic E-state index is -0.283. The van der Waals surface area contributed by atoms with E-state index in [1.165, 1.54) is 6.07 Å². The minimum absolute atomic E-state index is 0.140. The number of rotatable bonds is 3. The molecule has 1 aliphatic carbocycles. The van der Waals surface area contributed by atoms with Gasteiger partial charge in [0, 0.05) is 31.4 Å². The van der Waals surface area contributed by atoms with Crippen LogP contribution in [-0.4, -0.2) is 29.2 Å². The van der Waals surface area contributed by atoms with Crippen LogP contribution in [-0.2, 0) is 0 Å². The number of anilines is 1. The van der Waals surface area contributed by atoms with Gasteiger partial charge in [0.15, 0.2) is 17.0 Å². The fraction of sp³-hybridized carbons (Fsp3) is 0.500. The highest BCUT2D eigenvalue weighted by Gasteiger charge is 2.32. The Kier molecular flexibility index (Phi) is 3.59. The normalized spacial score (nSPS) is 20.3. The van der Waals surface area contributed by atoms with E-state index >= 15 is 4.39 Å². The van der Waals surface area contributed by atoms with Crippen molar-refractivity contribution in [2.24, 2.45) is 11.7 Å². The van der Waals surface area contributed by atoms with E-state index < -0.39 is 0 Å². The van der Waals surface area contributed by atoms with Gasteiger partial charge in [-0.2, -0.15) is 0 Å². The molecule has 2 fully saturated rings. The largest absolute Gasteiger partial charge is 0.440 e. The van der Waals surface area contributed by atoms with E-state index in [1.54, 1.807) is 6.92 Å². The summed E-state index contributed by atoms with van der Waals surface area (Å²) in [4.78, 5) is 19.5. The molecule has 2 aromatic heterocycles. The van der Waals surface area contributed by atoms with Crippen LogP contribution in [0.4, 0.5) is 10.1 Å². The first-order valence-corrected chi connectivity index (χ1v) is 9.59. The standard InChI is InChI=1S/C20H23FN4O2/c1-10-17-14(7-15(21)18(10)24-6-5-12(8-22)9-24)19-16(23-11(2)27-19)20(26)25(17)13-3-4-13/h7,12-13H,3-6,8-9,22H2,1-2H3. The highest BCUT2D eigenvalue weighted by Crippen LogP contribution is 2.41. The number of nitrogens with two attached hydrogens (primary N) is 1. The number of nitrogens with zero attached hydrogens (tertiary/aromatic N) is 3. The van der Waals surface area contributed by atoms with Crippen molar-refractivity contribution in [3.05, 3.63) is 33.7 Å². The summed E-state index contributed by atoms with van der Waals surface area (Å²) in [5.41, 5.74) is 8.51. The summed E-state index contributed by atoms with van der Waals surface area (Å²) in [5.74, 6) is 0.517. The van der Waals surface area contributed by atoms with Gasteiger partial charge in [-0.25, -0.2) is 9.37 Å². The van der Waals surface area contributed by atoms with E-state index in [9.17, 15) is 4.79 Å². The Labute approximate surface area is 155 Å². The maximum atomic E-state index is 15.2. The number of benzene rings is 1. The quantitative estimate of drug-likeness (QED) is 0.767. The van der Waals surface area contributed by atoms with Crippen LogP contribution in [0.5, 0.6) is 0 Å². The molecule has 1 atom stereocenters. The summed E-state index contributed by atoms with van der Waals surface area (Å²) in [7, 11) is 0. The Morgan fingerprint density at radius 2 is 2.11 bits per heavy atom. The van der Waals surface area contributed by atoms with Crippen molar-refractivity contribution in [1.82, 2.24) is 9.55 Å². The smallest absolute Gasteiger partial charge is 0.281 e. The number of hydrogen-bond acceptors (Lipinski definition) is 5. The zero-order valence-electron chi connectivity index (χ0n) is 15.6. The molecule has 27 heavy (non-hydrogen) atoms. The summed E-state index contributed by atoms with van der Waals surface area (Å²) in [6.45, 7) is 5.75. The van der Waals surface area contributed by atoms with Gasteiger partial charge in [-0.1, -0.05) is 0 Å². The van der Waals surface area contributed by atoms with Crippen LogP contribution in [0.15, 0.2) is 15.3 Å². The Hall–Kier alpha value is -2.41. The molecule has 0 radical (unpaired) electrons. The van der Waals surface area contributed by atoms with Crippen molar-refractivity contribution in [2.75, 3.05) is 24.5 Å².